The summed E-state index contributed by atoms with van der Waals surface area (Å²) in [7, 11) is 3.28. The van der Waals surface area contributed by atoms with Gasteiger partial charge in [-0.15, -0.1) is 0 Å². The highest BCUT2D eigenvalue weighted by molar-refractivity contribution is 5.83. The largest absolute Gasteiger partial charge is 0.712 e. The molecule has 1 aromatic rings. The summed E-state index contributed by atoms with van der Waals surface area (Å²) in [5.74, 6) is 0.756. The van der Waals surface area contributed by atoms with Crippen molar-refractivity contribution < 1.29 is 23.8 Å². The van der Waals surface area contributed by atoms with Gasteiger partial charge in [0.15, 0.2) is 11.5 Å². The van der Waals surface area contributed by atoms with Gasteiger partial charge in [0.1, 0.15) is 0 Å². The second-order valence-corrected chi connectivity index (χ2v) is 12.0. The molecular weight excluding hydrogens is 510 g/mol. The van der Waals surface area contributed by atoms with E-state index < -0.39 is 29.3 Å². The van der Waals surface area contributed by atoms with Gasteiger partial charge in [0.05, 0.1) is 19.1 Å². The highest BCUT2D eigenvalue weighted by Crippen LogP contribution is 2.32. The zero-order valence-electron chi connectivity index (χ0n) is 25.7. The molecule has 0 fully saturated rings. The van der Waals surface area contributed by atoms with E-state index in [0.717, 1.165) is 18.4 Å². The summed E-state index contributed by atoms with van der Waals surface area (Å²) in [6.07, 6.45) is 2.42. The molecule has 0 aliphatic heterocycles. The Kier molecular flexibility index (Phi) is 15.2. The van der Waals surface area contributed by atoms with Crippen LogP contribution in [0.25, 0.3) is 5.53 Å². The summed E-state index contributed by atoms with van der Waals surface area (Å²) in [6.45, 7) is 12.9. The lowest BCUT2D eigenvalue weighted by molar-refractivity contribution is -0.129. The summed E-state index contributed by atoms with van der Waals surface area (Å²) >= 11 is 0. The molecule has 4 atom stereocenters. The normalized spacial score (nSPS) is 14.9. The van der Waals surface area contributed by atoms with Crippen LogP contribution in [-0.2, 0) is 20.7 Å². The van der Waals surface area contributed by atoms with Gasteiger partial charge >= 0.3 is 0 Å². The minimum Gasteiger partial charge on any atom is -0.712 e. The fourth-order valence-corrected chi connectivity index (χ4v) is 4.52. The first kappa shape index (κ1) is 35.3. The monoisotopic (exact) mass is 562 g/mol. The van der Waals surface area contributed by atoms with Crippen molar-refractivity contribution in [1.29, 1.82) is 0 Å². The van der Waals surface area contributed by atoms with Crippen LogP contribution in [0, 0.1) is 29.1 Å². The van der Waals surface area contributed by atoms with Crippen LogP contribution < -0.4 is 26.3 Å². The number of hydrogen-bond acceptors (Lipinski definition) is 7. The Morgan fingerprint density at radius 1 is 1.05 bits per heavy atom. The number of amides is 2. The third-order valence-corrected chi connectivity index (χ3v) is 7.65. The summed E-state index contributed by atoms with van der Waals surface area (Å²) < 4.78 is 16.5. The van der Waals surface area contributed by atoms with Crippen molar-refractivity contribution in [1.82, 2.24) is 5.32 Å². The molecule has 10 nitrogen and oxygen atoms in total. The predicted octanol–water partition coefficient (Wildman–Crippen LogP) is 4.32. The van der Waals surface area contributed by atoms with Crippen molar-refractivity contribution in [3.8, 4) is 11.5 Å². The van der Waals surface area contributed by atoms with E-state index in [1.54, 1.807) is 28.1 Å². The number of carbonyl (C=O) groups excluding carboxylic acids is 2. The average Bonchev–Trinajstić information content (AvgIpc) is 2.90. The van der Waals surface area contributed by atoms with Crippen molar-refractivity contribution in [3.63, 3.8) is 0 Å². The number of rotatable bonds is 20. The lowest BCUT2D eigenvalue weighted by Gasteiger charge is -2.32. The molecule has 228 valence electrons. The van der Waals surface area contributed by atoms with E-state index in [2.05, 4.69) is 24.3 Å². The van der Waals surface area contributed by atoms with E-state index in [-0.39, 0.29) is 24.3 Å². The average molecular weight is 563 g/mol. The summed E-state index contributed by atoms with van der Waals surface area (Å²) in [4.78, 5) is 24.7. The second kappa shape index (κ2) is 17.2. The molecule has 1 aromatic carbocycles. The molecule has 0 saturated carbocycles. The van der Waals surface area contributed by atoms with Crippen molar-refractivity contribution in [2.75, 3.05) is 34.0 Å². The number of nitrogens with one attached hydrogen (secondary N) is 1. The van der Waals surface area contributed by atoms with Crippen molar-refractivity contribution in [2.45, 2.75) is 79.3 Å². The van der Waals surface area contributed by atoms with Gasteiger partial charge in [-0.1, -0.05) is 33.8 Å². The van der Waals surface area contributed by atoms with Gasteiger partial charge in [-0.05, 0) is 68.6 Å². The van der Waals surface area contributed by atoms with Crippen LogP contribution in [-0.4, -0.2) is 57.9 Å². The molecule has 10 heteroatoms. The van der Waals surface area contributed by atoms with Crippen LogP contribution in [0.1, 0.15) is 66.4 Å². The van der Waals surface area contributed by atoms with Gasteiger partial charge < -0.3 is 41.6 Å². The maximum Gasteiger partial charge on any atom is 0.224 e. The Morgan fingerprint density at radius 2 is 1.73 bits per heavy atom. The van der Waals surface area contributed by atoms with E-state index in [4.69, 9.17) is 25.7 Å². The van der Waals surface area contributed by atoms with Crippen LogP contribution in [0.15, 0.2) is 23.3 Å². The third kappa shape index (κ3) is 11.4. The van der Waals surface area contributed by atoms with Gasteiger partial charge in [0.25, 0.3) is 0 Å². The van der Waals surface area contributed by atoms with Crippen molar-refractivity contribution in [2.24, 2.45) is 45.7 Å². The fraction of sp³-hybridized carbons (Fsp3) is 0.733. The predicted molar refractivity (Wildman–Crippen MR) is 158 cm³/mol. The topological polar surface area (TPSA) is 161 Å². The first-order chi connectivity index (χ1) is 18.8. The van der Waals surface area contributed by atoms with Gasteiger partial charge in [0.2, 0.25) is 11.8 Å². The number of benzene rings is 1. The Balaban J connectivity index is 2.96. The molecule has 40 heavy (non-hydrogen) atoms. The van der Waals surface area contributed by atoms with Crippen molar-refractivity contribution in [3.05, 3.63) is 29.3 Å². The zero-order valence-corrected chi connectivity index (χ0v) is 25.7. The molecule has 0 heterocycles. The molecule has 0 aromatic heterocycles. The number of methoxy groups -OCH3 is 2. The van der Waals surface area contributed by atoms with E-state index in [0.29, 0.717) is 43.5 Å². The zero-order chi connectivity index (χ0) is 30.5. The highest BCUT2D eigenvalue weighted by Gasteiger charge is 2.31. The van der Waals surface area contributed by atoms with Gasteiger partial charge in [0, 0.05) is 44.7 Å². The Morgan fingerprint density at radius 3 is 2.25 bits per heavy atom. The van der Waals surface area contributed by atoms with E-state index in [1.165, 1.54) is 0 Å². The van der Waals surface area contributed by atoms with E-state index >= 15 is 0 Å². The molecule has 0 aliphatic carbocycles. The van der Waals surface area contributed by atoms with Crippen LogP contribution >= 0.6 is 0 Å². The standard InChI is InChI=1S/C30H52N5O5/c1-19(2)22(14-21-10-11-26(39-8)27(15-21)40-13-9-12-38-7)16-25(35-33)24(31)17-23(20(3)4)28(36)34-18-30(5,6)29(32)37/h10-11,15,19-20,22-25H,9,12-14,16-18,31H2,1-8H3,(H2,32,37)(H,34,36)/q-1/t22-,23-,24-,25-/m0/s1. The van der Waals surface area contributed by atoms with Gasteiger partial charge in [-0.25, -0.2) is 0 Å². The van der Waals surface area contributed by atoms with Crippen LogP contribution in [0.4, 0.5) is 0 Å². The number of hydrogen-bond donors (Lipinski definition) is 3. The molecule has 2 amide bonds. The molecule has 0 bridgehead atoms. The Bertz CT molecular complexity index is 937. The quantitative estimate of drug-likeness (QED) is 0.158. The smallest absolute Gasteiger partial charge is 0.224 e. The van der Waals surface area contributed by atoms with E-state index in [9.17, 15) is 15.1 Å². The highest BCUT2D eigenvalue weighted by atomic mass is 16.5. The molecule has 0 spiro atoms. The molecule has 0 saturated heterocycles. The molecule has 5 N–H and O–H groups in total. The Hall–Kier alpha value is -2.72. The van der Waals surface area contributed by atoms with Gasteiger partial charge in [-0.2, -0.15) is 0 Å². The third-order valence-electron chi connectivity index (χ3n) is 7.65. The minimum atomic E-state index is -0.858. The first-order valence-electron chi connectivity index (χ1n) is 14.2. The maximum absolute atomic E-state index is 13.0. The number of nitrogens with zero attached hydrogens (tertiary/aromatic N) is 2. The van der Waals surface area contributed by atoms with Crippen molar-refractivity contribution >= 4 is 11.8 Å². The van der Waals surface area contributed by atoms with E-state index in [1.807, 2.05) is 32.0 Å². The minimum absolute atomic E-state index is 0.00425. The van der Waals surface area contributed by atoms with Crippen LogP contribution in [0.3, 0.4) is 0 Å². The molecular formula is C30H52N5O5-. The van der Waals surface area contributed by atoms with Crippen LogP contribution in [0.5, 0.6) is 11.5 Å². The molecule has 1 rings (SSSR count). The van der Waals surface area contributed by atoms with Gasteiger partial charge in [-0.3, -0.25) is 9.59 Å². The number of carbonyl (C=O) groups is 2. The molecule has 0 aliphatic rings. The summed E-state index contributed by atoms with van der Waals surface area (Å²) in [6, 6.07) is 4.87. The lowest BCUT2D eigenvalue weighted by Crippen LogP contribution is -2.46. The Labute approximate surface area is 240 Å². The summed E-state index contributed by atoms with van der Waals surface area (Å²) in [5, 5.41) is 6.52. The fourth-order valence-electron chi connectivity index (χ4n) is 4.52. The number of primary amides is 1. The van der Waals surface area contributed by atoms with Crippen LogP contribution in [0.2, 0.25) is 0 Å². The lowest BCUT2D eigenvalue weighted by atomic mass is 9.80. The first-order valence-corrected chi connectivity index (χ1v) is 14.2. The number of nitrogens with two attached hydrogens (primary N) is 2. The SMILES string of the molecule is COCCCOc1cc(C[C@@H](C[C@H](N=[N-])[C@@H](N)C[C@H](C(=O)NCC(C)(C)C(N)=O)C(C)C)C(C)C)ccc1OC. The second-order valence-electron chi connectivity index (χ2n) is 12.0. The maximum atomic E-state index is 13.0. The molecule has 0 radical (unpaired) electrons. The number of ether oxygens (including phenoxy) is 3. The molecule has 0 unspecified atom stereocenters. The summed E-state index contributed by atoms with van der Waals surface area (Å²) in [5.41, 5.74) is 22.2.